The van der Waals surface area contributed by atoms with E-state index in [-0.39, 0.29) is 11.3 Å². The molecule has 106 valence electrons. The van der Waals surface area contributed by atoms with E-state index in [9.17, 15) is 8.42 Å². The van der Waals surface area contributed by atoms with Crippen LogP contribution >= 0.6 is 0 Å². The smallest absolute Gasteiger partial charge is 0.151 e. The van der Waals surface area contributed by atoms with Gasteiger partial charge in [-0.05, 0) is 39.3 Å². The van der Waals surface area contributed by atoms with Gasteiger partial charge in [0.2, 0.25) is 0 Å². The first kappa shape index (κ1) is 14.3. The van der Waals surface area contributed by atoms with E-state index in [2.05, 4.69) is 10.2 Å². The Hall–Kier alpha value is -0.130. The van der Waals surface area contributed by atoms with Crippen molar-refractivity contribution in [2.75, 3.05) is 26.4 Å². The first-order valence-electron chi connectivity index (χ1n) is 7.13. The highest BCUT2D eigenvalue weighted by Crippen LogP contribution is 2.33. The summed E-state index contributed by atoms with van der Waals surface area (Å²) in [6.07, 6.45) is 8.07. The van der Waals surface area contributed by atoms with Crippen LogP contribution in [-0.2, 0) is 9.84 Å². The van der Waals surface area contributed by atoms with Crippen LogP contribution in [0.25, 0.3) is 0 Å². The molecule has 1 aliphatic heterocycles. The SMILES string of the molecule is CNCC1CCCCN1C1CCCC1S(C)(=O)=O. The zero-order valence-corrected chi connectivity index (χ0v) is 12.4. The van der Waals surface area contributed by atoms with Gasteiger partial charge in [-0.3, -0.25) is 4.90 Å². The van der Waals surface area contributed by atoms with Gasteiger partial charge in [-0.25, -0.2) is 8.42 Å². The molecule has 2 rings (SSSR count). The highest BCUT2D eigenvalue weighted by atomic mass is 32.2. The van der Waals surface area contributed by atoms with Gasteiger partial charge < -0.3 is 5.32 Å². The largest absolute Gasteiger partial charge is 0.318 e. The van der Waals surface area contributed by atoms with Crippen molar-refractivity contribution in [2.24, 2.45) is 0 Å². The molecule has 2 fully saturated rings. The molecule has 1 N–H and O–H groups in total. The maximum atomic E-state index is 11.9. The molecular formula is C13H26N2O2S. The molecule has 0 aromatic carbocycles. The molecule has 1 saturated heterocycles. The fourth-order valence-electron chi connectivity index (χ4n) is 3.70. The van der Waals surface area contributed by atoms with E-state index < -0.39 is 9.84 Å². The lowest BCUT2D eigenvalue weighted by molar-refractivity contribution is 0.0985. The topological polar surface area (TPSA) is 49.4 Å². The molecule has 0 bridgehead atoms. The van der Waals surface area contributed by atoms with Gasteiger partial charge in [-0.2, -0.15) is 0 Å². The standard InChI is InChI=1S/C13H26N2O2S/c1-14-10-11-6-3-4-9-15(11)12-7-5-8-13(12)18(2,16)17/h11-14H,3-10H2,1-2H3. The van der Waals surface area contributed by atoms with Crippen LogP contribution < -0.4 is 5.32 Å². The molecule has 3 atom stereocenters. The molecule has 0 aromatic rings. The summed E-state index contributed by atoms with van der Waals surface area (Å²) in [6, 6.07) is 0.787. The minimum atomic E-state index is -2.90. The number of hydrogen-bond acceptors (Lipinski definition) is 4. The van der Waals surface area contributed by atoms with Gasteiger partial charge in [0.25, 0.3) is 0 Å². The first-order valence-corrected chi connectivity index (χ1v) is 9.08. The molecule has 0 amide bonds. The number of nitrogens with zero attached hydrogens (tertiary/aromatic N) is 1. The molecule has 5 heteroatoms. The van der Waals surface area contributed by atoms with Crippen molar-refractivity contribution >= 4 is 9.84 Å². The van der Waals surface area contributed by atoms with E-state index in [1.807, 2.05) is 7.05 Å². The Labute approximate surface area is 111 Å². The zero-order chi connectivity index (χ0) is 13.2. The first-order chi connectivity index (χ1) is 8.54. The lowest BCUT2D eigenvalue weighted by atomic mass is 9.99. The van der Waals surface area contributed by atoms with Crippen LogP contribution in [0, 0.1) is 0 Å². The molecule has 0 aromatic heterocycles. The minimum absolute atomic E-state index is 0.130. The Morgan fingerprint density at radius 2 is 1.94 bits per heavy atom. The molecule has 0 spiro atoms. The van der Waals surface area contributed by atoms with E-state index in [1.54, 1.807) is 0 Å². The number of likely N-dealkylation sites (tertiary alicyclic amines) is 1. The van der Waals surface area contributed by atoms with Crippen molar-refractivity contribution in [3.8, 4) is 0 Å². The van der Waals surface area contributed by atoms with Crippen LogP contribution in [0.15, 0.2) is 0 Å². The van der Waals surface area contributed by atoms with E-state index >= 15 is 0 Å². The van der Waals surface area contributed by atoms with E-state index in [0.29, 0.717) is 6.04 Å². The Morgan fingerprint density at radius 1 is 1.17 bits per heavy atom. The number of sulfone groups is 1. The Balaban J connectivity index is 2.12. The predicted molar refractivity (Wildman–Crippen MR) is 74.5 cm³/mol. The van der Waals surface area contributed by atoms with E-state index in [4.69, 9.17) is 0 Å². The van der Waals surface area contributed by atoms with Crippen LogP contribution in [0.5, 0.6) is 0 Å². The molecule has 1 heterocycles. The van der Waals surface area contributed by atoms with Crippen molar-refractivity contribution in [2.45, 2.75) is 55.9 Å². The maximum Gasteiger partial charge on any atom is 0.151 e. The second-order valence-electron chi connectivity index (χ2n) is 5.81. The van der Waals surface area contributed by atoms with Gasteiger partial charge >= 0.3 is 0 Å². The van der Waals surface area contributed by atoms with Gasteiger partial charge in [0.05, 0.1) is 5.25 Å². The van der Waals surface area contributed by atoms with Crippen molar-refractivity contribution in [3.63, 3.8) is 0 Å². The number of nitrogens with one attached hydrogen (secondary N) is 1. The van der Waals surface area contributed by atoms with Crippen molar-refractivity contribution in [3.05, 3.63) is 0 Å². The summed E-state index contributed by atoms with van der Waals surface area (Å²) in [7, 11) is -0.920. The Kier molecular flexibility index (Phi) is 4.67. The molecule has 0 radical (unpaired) electrons. The summed E-state index contributed by atoms with van der Waals surface area (Å²) in [6.45, 7) is 2.05. The van der Waals surface area contributed by atoms with E-state index in [1.165, 1.54) is 25.5 Å². The summed E-state index contributed by atoms with van der Waals surface area (Å²) >= 11 is 0. The second-order valence-corrected chi connectivity index (χ2v) is 8.08. The van der Waals surface area contributed by atoms with Crippen LogP contribution in [0.3, 0.4) is 0 Å². The maximum absolute atomic E-state index is 11.9. The molecule has 3 unspecified atom stereocenters. The van der Waals surface area contributed by atoms with Gasteiger partial charge in [0.15, 0.2) is 9.84 Å². The summed E-state index contributed by atoms with van der Waals surface area (Å²) in [5.41, 5.74) is 0. The lowest BCUT2D eigenvalue weighted by Gasteiger charge is -2.41. The minimum Gasteiger partial charge on any atom is -0.318 e. The summed E-state index contributed by atoms with van der Waals surface area (Å²) in [5, 5.41) is 3.12. The van der Waals surface area contributed by atoms with Crippen LogP contribution in [0.4, 0.5) is 0 Å². The van der Waals surface area contributed by atoms with Crippen molar-refractivity contribution in [1.29, 1.82) is 0 Å². The monoisotopic (exact) mass is 274 g/mol. The molecule has 2 aliphatic rings. The quantitative estimate of drug-likeness (QED) is 0.832. The molecule has 1 saturated carbocycles. The summed E-state index contributed by atoms with van der Waals surface area (Å²) < 4.78 is 23.8. The third kappa shape index (κ3) is 3.06. The van der Waals surface area contributed by atoms with Crippen LogP contribution in [-0.4, -0.2) is 57.0 Å². The van der Waals surface area contributed by atoms with Gasteiger partial charge in [-0.15, -0.1) is 0 Å². The number of rotatable bonds is 4. The lowest BCUT2D eigenvalue weighted by Crippen LogP contribution is -2.53. The Morgan fingerprint density at radius 3 is 2.61 bits per heavy atom. The van der Waals surface area contributed by atoms with Crippen LogP contribution in [0.1, 0.15) is 38.5 Å². The molecule has 4 nitrogen and oxygen atoms in total. The summed E-state index contributed by atoms with van der Waals surface area (Å²) in [5.74, 6) is 0. The fraction of sp³-hybridized carbons (Fsp3) is 1.00. The molecule has 1 aliphatic carbocycles. The average Bonchev–Trinajstić information content (AvgIpc) is 2.78. The van der Waals surface area contributed by atoms with Crippen molar-refractivity contribution in [1.82, 2.24) is 10.2 Å². The highest BCUT2D eigenvalue weighted by Gasteiger charge is 2.41. The highest BCUT2D eigenvalue weighted by molar-refractivity contribution is 7.91. The van der Waals surface area contributed by atoms with Crippen molar-refractivity contribution < 1.29 is 8.42 Å². The number of hydrogen-bond donors (Lipinski definition) is 1. The van der Waals surface area contributed by atoms with Gasteiger partial charge in [0, 0.05) is 24.9 Å². The predicted octanol–water partition coefficient (Wildman–Crippen LogP) is 1.03. The van der Waals surface area contributed by atoms with E-state index in [0.717, 1.165) is 32.4 Å². The third-order valence-electron chi connectivity index (χ3n) is 4.51. The molecular weight excluding hydrogens is 248 g/mol. The zero-order valence-electron chi connectivity index (χ0n) is 11.6. The third-order valence-corrected chi connectivity index (χ3v) is 6.16. The summed E-state index contributed by atoms with van der Waals surface area (Å²) in [4.78, 5) is 2.48. The molecule has 18 heavy (non-hydrogen) atoms. The average molecular weight is 274 g/mol. The Bertz CT molecular complexity index is 367. The van der Waals surface area contributed by atoms with Crippen LogP contribution in [0.2, 0.25) is 0 Å². The normalized spacial score (nSPS) is 34.9. The number of likely N-dealkylation sites (N-methyl/N-ethyl adjacent to an activating group) is 1. The van der Waals surface area contributed by atoms with Gasteiger partial charge in [0.1, 0.15) is 0 Å². The fourth-order valence-corrected chi connectivity index (χ4v) is 5.16. The second kappa shape index (κ2) is 5.88. The number of piperidine rings is 1. The van der Waals surface area contributed by atoms with Gasteiger partial charge in [-0.1, -0.05) is 12.8 Å².